The fourth-order valence-electron chi connectivity index (χ4n) is 1.71. The molecule has 0 aliphatic carbocycles. The van der Waals surface area contributed by atoms with Crippen molar-refractivity contribution in [3.05, 3.63) is 0 Å². The monoisotopic (exact) mass is 264 g/mol. The van der Waals surface area contributed by atoms with E-state index in [1.807, 2.05) is 13.1 Å². The summed E-state index contributed by atoms with van der Waals surface area (Å²) in [5.74, 6) is 0. The summed E-state index contributed by atoms with van der Waals surface area (Å²) < 4.78 is 25.4. The van der Waals surface area contributed by atoms with E-state index in [1.54, 1.807) is 0 Å². The topological polar surface area (TPSA) is 83.5 Å². The van der Waals surface area contributed by atoms with Gasteiger partial charge in [-0.25, -0.2) is 4.79 Å². The van der Waals surface area contributed by atoms with Crippen molar-refractivity contribution in [2.45, 2.75) is 37.9 Å². The first-order chi connectivity index (χ1) is 8.06. The first-order valence-electron chi connectivity index (χ1n) is 5.50. The maximum Gasteiger partial charge on any atom is 0.509 e. The van der Waals surface area contributed by atoms with Crippen molar-refractivity contribution in [3.63, 3.8) is 0 Å². The van der Waals surface area contributed by atoms with Crippen molar-refractivity contribution in [1.82, 2.24) is 0 Å². The van der Waals surface area contributed by atoms with E-state index in [2.05, 4.69) is 0 Å². The number of aliphatic hydroxyl groups excluding tert-OH is 1. The molecule has 2 fully saturated rings. The lowest BCUT2D eigenvalue weighted by molar-refractivity contribution is -0.211. The Morgan fingerprint density at radius 3 is 2.82 bits per heavy atom. The summed E-state index contributed by atoms with van der Waals surface area (Å²) in [7, 11) is -1.19. The van der Waals surface area contributed by atoms with Gasteiger partial charge in [0.1, 0.15) is 6.10 Å². The predicted octanol–water partition coefficient (Wildman–Crippen LogP) is -0.418. The first-order valence-corrected chi connectivity index (χ1v) is 8.28. The highest BCUT2D eigenvalue weighted by molar-refractivity contribution is 6.48. The molecule has 2 saturated heterocycles. The molecular formula is C9H16O7Si. The highest BCUT2D eigenvalue weighted by Crippen LogP contribution is 2.25. The van der Waals surface area contributed by atoms with Gasteiger partial charge in [-0.3, -0.25) is 0 Å². The van der Waals surface area contributed by atoms with Gasteiger partial charge < -0.3 is 28.5 Å². The molecule has 0 amide bonds. The minimum Gasteiger partial charge on any atom is -0.424 e. The summed E-state index contributed by atoms with van der Waals surface area (Å²) >= 11 is 0. The van der Waals surface area contributed by atoms with Gasteiger partial charge >= 0.3 is 6.16 Å². The van der Waals surface area contributed by atoms with E-state index in [0.29, 0.717) is 0 Å². The van der Waals surface area contributed by atoms with E-state index in [-0.39, 0.29) is 13.2 Å². The second-order valence-corrected chi connectivity index (χ2v) is 6.62. The molecule has 0 spiro atoms. The Labute approximate surface area is 100 Å². The molecule has 2 aliphatic heterocycles. The van der Waals surface area contributed by atoms with Crippen LogP contribution in [-0.4, -0.2) is 58.3 Å². The number of ether oxygens (including phenoxy) is 4. The van der Waals surface area contributed by atoms with Gasteiger partial charge in [-0.05, 0) is 13.1 Å². The third-order valence-corrected chi connectivity index (χ3v) is 3.36. The molecule has 4 atom stereocenters. The summed E-state index contributed by atoms with van der Waals surface area (Å²) in [4.78, 5) is 11.1. The highest BCUT2D eigenvalue weighted by Gasteiger charge is 2.46. The number of aliphatic hydroxyl groups is 1. The van der Waals surface area contributed by atoms with Crippen LogP contribution in [-0.2, 0) is 23.4 Å². The van der Waals surface area contributed by atoms with Crippen molar-refractivity contribution >= 4 is 15.2 Å². The molecule has 0 aromatic heterocycles. The SMILES string of the molecule is C[SiH](C)OCC1OC(=O)OC1C1COC(O)O1. The Kier molecular flexibility index (Phi) is 3.99. The summed E-state index contributed by atoms with van der Waals surface area (Å²) in [6, 6.07) is 0. The van der Waals surface area contributed by atoms with Gasteiger partial charge in [0.2, 0.25) is 0 Å². The van der Waals surface area contributed by atoms with Crippen LogP contribution in [0, 0.1) is 0 Å². The number of hydrogen-bond acceptors (Lipinski definition) is 7. The summed E-state index contributed by atoms with van der Waals surface area (Å²) in [5.41, 5.74) is 0. The third kappa shape index (κ3) is 3.17. The van der Waals surface area contributed by atoms with Crippen LogP contribution in [0.4, 0.5) is 4.79 Å². The zero-order chi connectivity index (χ0) is 12.4. The second-order valence-electron chi connectivity index (χ2n) is 4.19. The van der Waals surface area contributed by atoms with E-state index in [9.17, 15) is 4.79 Å². The predicted molar refractivity (Wildman–Crippen MR) is 56.8 cm³/mol. The quantitative estimate of drug-likeness (QED) is 0.545. The molecule has 98 valence electrons. The molecule has 0 radical (unpaired) electrons. The van der Waals surface area contributed by atoms with E-state index < -0.39 is 40.0 Å². The zero-order valence-corrected chi connectivity index (χ0v) is 10.9. The Bertz CT molecular complexity index is 285. The molecule has 17 heavy (non-hydrogen) atoms. The summed E-state index contributed by atoms with van der Waals surface area (Å²) in [6.45, 7) is 3.23. The molecular weight excluding hydrogens is 248 g/mol. The molecule has 0 saturated carbocycles. The van der Waals surface area contributed by atoms with Gasteiger partial charge in [-0.15, -0.1) is 0 Å². The number of rotatable bonds is 4. The molecule has 4 unspecified atom stereocenters. The van der Waals surface area contributed by atoms with Crippen LogP contribution in [0.5, 0.6) is 0 Å². The Morgan fingerprint density at radius 1 is 1.47 bits per heavy atom. The average Bonchev–Trinajstić information content (AvgIpc) is 2.81. The zero-order valence-electron chi connectivity index (χ0n) is 9.70. The molecule has 2 rings (SSSR count). The molecule has 1 N–H and O–H groups in total. The first kappa shape index (κ1) is 12.8. The standard InChI is InChI=1S/C9H16O7Si/c1-17(2)13-4-6-7(16-9(11)15-6)5-3-12-8(10)14-5/h5-8,10,17H,3-4H2,1-2H3. The van der Waals surface area contributed by atoms with Crippen molar-refractivity contribution in [1.29, 1.82) is 0 Å². The molecule has 0 aromatic carbocycles. The third-order valence-electron chi connectivity index (χ3n) is 2.50. The molecule has 8 heteroatoms. The highest BCUT2D eigenvalue weighted by atomic mass is 28.3. The Morgan fingerprint density at radius 2 is 2.24 bits per heavy atom. The van der Waals surface area contributed by atoms with Gasteiger partial charge in [-0.2, -0.15) is 0 Å². The van der Waals surface area contributed by atoms with Gasteiger partial charge in [0.05, 0.1) is 13.2 Å². The maximum atomic E-state index is 11.1. The molecule has 2 aliphatic rings. The van der Waals surface area contributed by atoms with E-state index in [0.717, 1.165) is 0 Å². The van der Waals surface area contributed by atoms with Crippen LogP contribution in [0.1, 0.15) is 0 Å². The number of hydrogen-bond donors (Lipinski definition) is 1. The molecule has 0 aromatic rings. The molecule has 2 heterocycles. The van der Waals surface area contributed by atoms with E-state index >= 15 is 0 Å². The van der Waals surface area contributed by atoms with Gasteiger partial charge in [0, 0.05) is 0 Å². The minimum atomic E-state index is -1.26. The Hall–Kier alpha value is -0.673. The number of carbonyl (C=O) groups excluding carboxylic acids is 1. The minimum absolute atomic E-state index is 0.165. The van der Waals surface area contributed by atoms with Crippen LogP contribution in [0.15, 0.2) is 0 Å². The maximum absolute atomic E-state index is 11.1. The van der Waals surface area contributed by atoms with Crippen LogP contribution >= 0.6 is 0 Å². The largest absolute Gasteiger partial charge is 0.509 e. The fourth-order valence-corrected chi connectivity index (χ4v) is 2.29. The van der Waals surface area contributed by atoms with Crippen molar-refractivity contribution < 1.29 is 33.3 Å². The van der Waals surface area contributed by atoms with E-state index in [1.165, 1.54) is 0 Å². The normalized spacial score (nSPS) is 37.3. The number of cyclic esters (lactones) is 2. The van der Waals surface area contributed by atoms with Crippen LogP contribution in [0.25, 0.3) is 0 Å². The van der Waals surface area contributed by atoms with E-state index in [4.69, 9.17) is 28.5 Å². The lowest BCUT2D eigenvalue weighted by atomic mass is 10.1. The van der Waals surface area contributed by atoms with Crippen LogP contribution in [0.3, 0.4) is 0 Å². The van der Waals surface area contributed by atoms with Gasteiger partial charge in [0.15, 0.2) is 21.2 Å². The smallest absolute Gasteiger partial charge is 0.424 e. The van der Waals surface area contributed by atoms with Gasteiger partial charge in [0.25, 0.3) is 6.48 Å². The second kappa shape index (κ2) is 5.32. The fraction of sp³-hybridized carbons (Fsp3) is 0.889. The van der Waals surface area contributed by atoms with Crippen LogP contribution < -0.4 is 0 Å². The lowest BCUT2D eigenvalue weighted by Gasteiger charge is -2.20. The lowest BCUT2D eigenvalue weighted by Crippen LogP contribution is -2.40. The Balaban J connectivity index is 1.91. The summed E-state index contributed by atoms with van der Waals surface area (Å²) in [5, 5.41) is 9.08. The van der Waals surface area contributed by atoms with Crippen molar-refractivity contribution in [2.24, 2.45) is 0 Å². The number of carbonyl (C=O) groups is 1. The molecule has 7 nitrogen and oxygen atoms in total. The van der Waals surface area contributed by atoms with Gasteiger partial charge in [-0.1, -0.05) is 0 Å². The molecule has 0 bridgehead atoms. The van der Waals surface area contributed by atoms with Crippen molar-refractivity contribution in [2.75, 3.05) is 13.2 Å². The average molecular weight is 264 g/mol. The van der Waals surface area contributed by atoms with Crippen LogP contribution in [0.2, 0.25) is 13.1 Å². The summed E-state index contributed by atoms with van der Waals surface area (Å²) in [6.07, 6.45) is -2.35. The van der Waals surface area contributed by atoms with Crippen molar-refractivity contribution in [3.8, 4) is 0 Å².